The van der Waals surface area contributed by atoms with Crippen molar-refractivity contribution in [2.24, 2.45) is 23.5 Å². The Kier molecular flexibility index (Phi) is 8.13. The highest BCUT2D eigenvalue weighted by molar-refractivity contribution is 6.24. The average molecular weight is 622 g/mol. The number of rotatable bonds is 6. The molecule has 0 bridgehead atoms. The quantitative estimate of drug-likeness (QED) is 0.301. The number of phenolic OH excluding ortho intramolecular Hbond substituents is 1. The largest absolute Gasteiger partial charge is 0.508 e. The van der Waals surface area contributed by atoms with Crippen molar-refractivity contribution in [3.63, 3.8) is 0 Å². The van der Waals surface area contributed by atoms with Gasteiger partial charge >= 0.3 is 6.18 Å². The maximum Gasteiger partial charge on any atom is 0.417 e. The number of benzene rings is 1. The maximum atomic E-state index is 14.8. The number of fused-ring (bicyclic) bond motifs is 3. The molecule has 13 heteroatoms. The number of hydrogen-bond acceptors (Lipinski definition) is 9. The van der Waals surface area contributed by atoms with Gasteiger partial charge in [0, 0.05) is 18.0 Å². The lowest BCUT2D eigenvalue weighted by molar-refractivity contribution is -0.153. The number of aromatic hydroxyl groups is 1. The Morgan fingerprint density at radius 2 is 1.80 bits per heavy atom. The third-order valence-corrected chi connectivity index (χ3v) is 9.89. The fraction of sp³-hybridized carbons (Fsp3) is 0.581. The zero-order valence-electron chi connectivity index (χ0n) is 24.9. The van der Waals surface area contributed by atoms with Crippen LogP contribution in [0.15, 0.2) is 23.0 Å². The van der Waals surface area contributed by atoms with Crippen LogP contribution in [0.5, 0.6) is 5.75 Å². The molecule has 3 aliphatic carbocycles. The second kappa shape index (κ2) is 11.2. The molecule has 0 unspecified atom stereocenters. The van der Waals surface area contributed by atoms with Gasteiger partial charge in [-0.25, -0.2) is 0 Å². The Morgan fingerprint density at radius 3 is 2.34 bits per heavy atom. The first-order chi connectivity index (χ1) is 20.5. The van der Waals surface area contributed by atoms with Crippen LogP contribution in [0, 0.1) is 17.8 Å². The Labute approximate surface area is 252 Å². The van der Waals surface area contributed by atoms with Crippen LogP contribution in [-0.4, -0.2) is 86.5 Å². The van der Waals surface area contributed by atoms with Gasteiger partial charge in [0.1, 0.15) is 22.8 Å². The van der Waals surface area contributed by atoms with Crippen molar-refractivity contribution in [1.82, 2.24) is 9.80 Å². The number of likely N-dealkylation sites (tertiary alicyclic amines) is 1. The van der Waals surface area contributed by atoms with Crippen LogP contribution in [-0.2, 0) is 33.5 Å². The van der Waals surface area contributed by atoms with Gasteiger partial charge in [-0.1, -0.05) is 19.8 Å². The summed E-state index contributed by atoms with van der Waals surface area (Å²) in [4.78, 5) is 42.5. The Morgan fingerprint density at radius 1 is 1.16 bits per heavy atom. The van der Waals surface area contributed by atoms with E-state index in [0.29, 0.717) is 19.0 Å². The van der Waals surface area contributed by atoms with E-state index in [2.05, 4.69) is 6.92 Å². The smallest absolute Gasteiger partial charge is 0.417 e. The molecule has 0 aromatic heterocycles. The van der Waals surface area contributed by atoms with E-state index in [1.54, 1.807) is 0 Å². The number of amides is 1. The number of piperidine rings is 1. The fourth-order valence-electron chi connectivity index (χ4n) is 7.94. The molecule has 1 aliphatic heterocycles. The number of halogens is 3. The molecule has 0 spiro atoms. The number of aliphatic hydroxyl groups excluding tert-OH is 2. The van der Waals surface area contributed by atoms with Gasteiger partial charge in [-0.2, -0.15) is 13.2 Å². The first kappa shape index (κ1) is 32.0. The van der Waals surface area contributed by atoms with Gasteiger partial charge < -0.3 is 26.2 Å². The molecule has 44 heavy (non-hydrogen) atoms. The third-order valence-electron chi connectivity index (χ3n) is 9.89. The Bertz CT molecular complexity index is 1480. The van der Waals surface area contributed by atoms with Crippen LogP contribution >= 0.6 is 0 Å². The molecule has 240 valence electrons. The second-order valence-corrected chi connectivity index (χ2v) is 12.8. The van der Waals surface area contributed by atoms with Crippen LogP contribution in [0.2, 0.25) is 0 Å². The summed E-state index contributed by atoms with van der Waals surface area (Å²) in [6, 6.07) is -0.365. The summed E-state index contributed by atoms with van der Waals surface area (Å²) in [5.74, 6) is -8.40. The van der Waals surface area contributed by atoms with E-state index in [1.165, 1.54) is 19.0 Å². The van der Waals surface area contributed by atoms with Crippen molar-refractivity contribution in [2.75, 3.05) is 27.2 Å². The third kappa shape index (κ3) is 4.89. The van der Waals surface area contributed by atoms with Crippen molar-refractivity contribution in [2.45, 2.75) is 69.8 Å². The van der Waals surface area contributed by atoms with Crippen molar-refractivity contribution < 1.29 is 48.0 Å². The van der Waals surface area contributed by atoms with Gasteiger partial charge in [0.2, 0.25) is 5.78 Å². The lowest BCUT2D eigenvalue weighted by Gasteiger charge is -2.50. The van der Waals surface area contributed by atoms with E-state index in [-0.39, 0.29) is 24.1 Å². The van der Waals surface area contributed by atoms with Gasteiger partial charge in [-0.3, -0.25) is 24.2 Å². The van der Waals surface area contributed by atoms with Gasteiger partial charge in [-0.15, -0.1) is 0 Å². The molecule has 6 N–H and O–H groups in total. The molecule has 1 aromatic carbocycles. The van der Waals surface area contributed by atoms with Gasteiger partial charge in [0.25, 0.3) is 5.91 Å². The number of nitrogens with two attached hydrogens (primary N) is 1. The number of hydrogen-bond donors (Lipinski definition) is 5. The van der Waals surface area contributed by atoms with Crippen molar-refractivity contribution in [3.8, 4) is 5.75 Å². The molecule has 1 aromatic rings. The van der Waals surface area contributed by atoms with E-state index in [0.717, 1.165) is 31.7 Å². The Balaban J connectivity index is 1.63. The lowest BCUT2D eigenvalue weighted by Crippen LogP contribution is -2.65. The van der Waals surface area contributed by atoms with Crippen molar-refractivity contribution >= 4 is 23.2 Å². The number of ketones is 2. The minimum absolute atomic E-state index is 0.0659. The molecule has 5 rings (SSSR count). The van der Waals surface area contributed by atoms with E-state index >= 15 is 0 Å². The normalized spacial score (nSPS) is 28.3. The van der Waals surface area contributed by atoms with E-state index in [4.69, 9.17) is 5.73 Å². The second-order valence-electron chi connectivity index (χ2n) is 12.8. The SMILES string of the molecule is CCCC1CCN(Cc2cc(O)c3c(c2C(F)(F)F)C[C@H]2C[C@H]4[C@H](N(C)C)C(=O)C(C(N)=O)=C(O)[C@@]4(O)C(=O)C2=C3O)CC1. The first-order valence-electron chi connectivity index (χ1n) is 14.9. The van der Waals surface area contributed by atoms with Crippen molar-refractivity contribution in [3.05, 3.63) is 45.2 Å². The van der Waals surface area contributed by atoms with E-state index < -0.39 is 93.1 Å². The summed E-state index contributed by atoms with van der Waals surface area (Å²) < 4.78 is 44.4. The first-order valence-corrected chi connectivity index (χ1v) is 14.9. The number of primary amides is 1. The van der Waals surface area contributed by atoms with Crippen LogP contribution in [0.25, 0.3) is 5.76 Å². The molecular weight excluding hydrogens is 583 g/mol. The number of likely N-dealkylation sites (N-methyl/N-ethyl adjacent to an activating group) is 1. The summed E-state index contributed by atoms with van der Waals surface area (Å²) in [6.07, 6.45) is -1.77. The molecule has 0 radical (unpaired) electrons. The molecule has 2 fully saturated rings. The summed E-state index contributed by atoms with van der Waals surface area (Å²) >= 11 is 0. The molecule has 10 nitrogen and oxygen atoms in total. The van der Waals surface area contributed by atoms with Gasteiger partial charge in [0.05, 0.1) is 17.2 Å². The van der Waals surface area contributed by atoms with Crippen LogP contribution < -0.4 is 5.73 Å². The number of carbonyl (C=O) groups is 3. The predicted molar refractivity (Wildman–Crippen MR) is 152 cm³/mol. The highest BCUT2D eigenvalue weighted by Gasteiger charge is 2.64. The summed E-state index contributed by atoms with van der Waals surface area (Å²) in [5.41, 5.74) is -1.10. The fourth-order valence-corrected chi connectivity index (χ4v) is 7.94. The van der Waals surface area contributed by atoms with Crippen molar-refractivity contribution in [1.29, 1.82) is 0 Å². The molecule has 1 amide bonds. The maximum absolute atomic E-state index is 14.8. The molecule has 1 saturated heterocycles. The minimum Gasteiger partial charge on any atom is -0.508 e. The zero-order valence-corrected chi connectivity index (χ0v) is 24.9. The molecule has 1 saturated carbocycles. The molecular formula is C31H38F3N3O7. The summed E-state index contributed by atoms with van der Waals surface area (Å²) in [5, 5.41) is 44.9. The summed E-state index contributed by atoms with van der Waals surface area (Å²) in [6.45, 7) is 3.25. The predicted octanol–water partition coefficient (Wildman–Crippen LogP) is 2.99. The standard InChI is InChI=1S/C31H38F3N3O7/c1-4-5-14-6-8-37(9-7-14)13-16-12-19(38)21-17(23(16)31(32,33)34)10-15-11-18-24(36(2)3)26(40)22(29(35)43)28(42)30(18,44)27(41)20(15)25(21)39/h12,14-15,18,24,38-39,42,44H,4-11,13H2,1-3H3,(H2,35,43)/t15-,18-,24-,30-/m0/s1. The lowest BCUT2D eigenvalue weighted by atomic mass is 9.57. The van der Waals surface area contributed by atoms with Gasteiger partial charge in [-0.05, 0) is 81.9 Å². The number of alkyl halides is 3. The minimum atomic E-state index is -4.87. The molecule has 4 aliphatic rings. The topological polar surface area (TPSA) is 165 Å². The van der Waals surface area contributed by atoms with E-state index in [1.807, 2.05) is 4.90 Å². The highest BCUT2D eigenvalue weighted by atomic mass is 19.4. The number of aliphatic hydroxyl groups is 3. The zero-order chi connectivity index (χ0) is 32.5. The number of phenols is 1. The van der Waals surface area contributed by atoms with Crippen LogP contribution in [0.1, 0.15) is 61.3 Å². The molecule has 1 heterocycles. The van der Waals surface area contributed by atoms with Crippen LogP contribution in [0.3, 0.4) is 0 Å². The van der Waals surface area contributed by atoms with Gasteiger partial charge in [0.15, 0.2) is 11.4 Å². The number of nitrogens with zero attached hydrogens (tertiary/aromatic N) is 2. The van der Waals surface area contributed by atoms with Crippen LogP contribution in [0.4, 0.5) is 13.2 Å². The highest BCUT2D eigenvalue weighted by Crippen LogP contribution is 2.54. The number of Topliss-reactive ketones (excluding diaryl/α,β-unsaturated/α-hetero) is 2. The molecule has 4 atom stereocenters. The Hall–Kier alpha value is -3.42. The average Bonchev–Trinajstić information content (AvgIpc) is 2.90. The van der Waals surface area contributed by atoms with E-state index in [9.17, 15) is 48.0 Å². The number of carbonyl (C=O) groups excluding carboxylic acids is 3. The summed E-state index contributed by atoms with van der Waals surface area (Å²) in [7, 11) is 2.90. The monoisotopic (exact) mass is 621 g/mol.